The first kappa shape index (κ1) is 22.5. The zero-order valence-corrected chi connectivity index (χ0v) is 18.4. The lowest BCUT2D eigenvalue weighted by Gasteiger charge is -2.35. The topological polar surface area (TPSA) is 69.7 Å². The van der Waals surface area contributed by atoms with E-state index in [4.69, 9.17) is 0 Å². The summed E-state index contributed by atoms with van der Waals surface area (Å²) in [5, 5.41) is 2.71. The van der Waals surface area contributed by atoms with E-state index in [0.717, 1.165) is 24.0 Å². The van der Waals surface area contributed by atoms with Gasteiger partial charge in [0, 0.05) is 38.2 Å². The van der Waals surface area contributed by atoms with Crippen LogP contribution in [0, 0.1) is 13.8 Å². The zero-order chi connectivity index (χ0) is 22.2. The van der Waals surface area contributed by atoms with Crippen LogP contribution < -0.4 is 5.32 Å². The second kappa shape index (κ2) is 10.8. The number of nitrogens with zero attached hydrogens (tertiary/aromatic N) is 2. The van der Waals surface area contributed by atoms with Crippen LogP contribution in [-0.4, -0.2) is 60.2 Å². The smallest absolute Gasteiger partial charge is 0.251 e. The Morgan fingerprint density at radius 3 is 2.13 bits per heavy atom. The number of nitrogens with one attached hydrogen (secondary N) is 1. The maximum atomic E-state index is 12.5. The van der Waals surface area contributed by atoms with E-state index >= 15 is 0 Å². The highest BCUT2D eigenvalue weighted by atomic mass is 16.2. The third-order valence-corrected chi connectivity index (χ3v) is 5.85. The molecule has 0 aliphatic carbocycles. The number of carbonyl (C=O) groups excluding carboxylic acids is 3. The number of hydrogen-bond acceptors (Lipinski definition) is 3. The largest absolute Gasteiger partial charge is 0.343 e. The molecule has 6 heteroatoms. The standard InChI is InChI=1S/C25H31N3O3/c1-19-11-12-22(17-20(19)2)25(31)26-18-24(30)28-15-13-27(14-16-28)23(29)10-6-9-21-7-4-3-5-8-21/h3-5,7-8,11-12,17H,6,9-10,13-16,18H2,1-2H3,(H,26,31). The molecule has 0 atom stereocenters. The van der Waals surface area contributed by atoms with Crippen LogP contribution in [0.3, 0.4) is 0 Å². The van der Waals surface area contributed by atoms with Gasteiger partial charge in [-0.05, 0) is 55.5 Å². The van der Waals surface area contributed by atoms with Crippen molar-refractivity contribution < 1.29 is 14.4 Å². The quantitative estimate of drug-likeness (QED) is 0.747. The van der Waals surface area contributed by atoms with Crippen molar-refractivity contribution in [3.63, 3.8) is 0 Å². The van der Waals surface area contributed by atoms with Crippen molar-refractivity contribution in [1.29, 1.82) is 0 Å². The Balaban J connectivity index is 1.37. The molecule has 1 aliphatic rings. The van der Waals surface area contributed by atoms with Crippen LogP contribution in [0.25, 0.3) is 0 Å². The highest BCUT2D eigenvalue weighted by Gasteiger charge is 2.24. The minimum absolute atomic E-state index is 0.0310. The molecule has 1 aliphatic heterocycles. The molecule has 2 aromatic rings. The van der Waals surface area contributed by atoms with Gasteiger partial charge >= 0.3 is 0 Å². The molecule has 0 unspecified atom stereocenters. The first-order valence-corrected chi connectivity index (χ1v) is 10.9. The molecular formula is C25H31N3O3. The lowest BCUT2D eigenvalue weighted by Crippen LogP contribution is -2.52. The van der Waals surface area contributed by atoms with E-state index in [1.807, 2.05) is 49.1 Å². The monoisotopic (exact) mass is 421 g/mol. The number of hydrogen-bond donors (Lipinski definition) is 1. The van der Waals surface area contributed by atoms with Gasteiger partial charge in [0.1, 0.15) is 0 Å². The molecule has 0 aromatic heterocycles. The average molecular weight is 422 g/mol. The Labute approximate surface area is 184 Å². The highest BCUT2D eigenvalue weighted by Crippen LogP contribution is 2.11. The Kier molecular flexibility index (Phi) is 7.82. The lowest BCUT2D eigenvalue weighted by molar-refractivity contribution is -0.139. The molecule has 0 spiro atoms. The Morgan fingerprint density at radius 2 is 1.48 bits per heavy atom. The van der Waals surface area contributed by atoms with Gasteiger partial charge in [0.2, 0.25) is 11.8 Å². The number of carbonyl (C=O) groups is 3. The fourth-order valence-corrected chi connectivity index (χ4v) is 3.70. The van der Waals surface area contributed by atoms with E-state index < -0.39 is 0 Å². The SMILES string of the molecule is Cc1ccc(C(=O)NCC(=O)N2CCN(C(=O)CCCc3ccccc3)CC2)cc1C. The Bertz CT molecular complexity index is 919. The second-order valence-electron chi connectivity index (χ2n) is 8.08. The summed E-state index contributed by atoms with van der Waals surface area (Å²) in [4.78, 5) is 40.8. The molecule has 31 heavy (non-hydrogen) atoms. The van der Waals surface area contributed by atoms with Crippen LogP contribution in [-0.2, 0) is 16.0 Å². The minimum Gasteiger partial charge on any atom is -0.343 e. The van der Waals surface area contributed by atoms with Crippen LogP contribution >= 0.6 is 0 Å². The summed E-state index contributed by atoms with van der Waals surface area (Å²) >= 11 is 0. The van der Waals surface area contributed by atoms with Crippen molar-refractivity contribution in [1.82, 2.24) is 15.1 Å². The van der Waals surface area contributed by atoms with Crippen molar-refractivity contribution in [3.05, 3.63) is 70.8 Å². The van der Waals surface area contributed by atoms with Crippen molar-refractivity contribution in [2.75, 3.05) is 32.7 Å². The van der Waals surface area contributed by atoms with Gasteiger partial charge in [-0.1, -0.05) is 36.4 Å². The molecule has 0 bridgehead atoms. The maximum absolute atomic E-state index is 12.5. The third-order valence-electron chi connectivity index (χ3n) is 5.85. The highest BCUT2D eigenvalue weighted by molar-refractivity contribution is 5.96. The first-order chi connectivity index (χ1) is 14.9. The second-order valence-corrected chi connectivity index (χ2v) is 8.08. The predicted octanol–water partition coefficient (Wildman–Crippen LogP) is 2.73. The summed E-state index contributed by atoms with van der Waals surface area (Å²) < 4.78 is 0. The summed E-state index contributed by atoms with van der Waals surface area (Å²) in [7, 11) is 0. The van der Waals surface area contributed by atoms with E-state index in [9.17, 15) is 14.4 Å². The van der Waals surface area contributed by atoms with Gasteiger partial charge in [-0.15, -0.1) is 0 Å². The molecule has 1 heterocycles. The van der Waals surface area contributed by atoms with Crippen LogP contribution in [0.4, 0.5) is 0 Å². The number of rotatable bonds is 7. The Hall–Kier alpha value is -3.15. The fraction of sp³-hybridized carbons (Fsp3) is 0.400. The number of aryl methyl sites for hydroxylation is 3. The van der Waals surface area contributed by atoms with E-state index in [1.54, 1.807) is 11.0 Å². The number of piperazine rings is 1. The third kappa shape index (κ3) is 6.41. The van der Waals surface area contributed by atoms with Crippen molar-refractivity contribution in [2.45, 2.75) is 33.1 Å². The molecule has 0 saturated carbocycles. The van der Waals surface area contributed by atoms with E-state index in [2.05, 4.69) is 17.4 Å². The lowest BCUT2D eigenvalue weighted by atomic mass is 10.1. The number of amides is 3. The van der Waals surface area contributed by atoms with E-state index in [1.165, 1.54) is 5.56 Å². The van der Waals surface area contributed by atoms with E-state index in [-0.39, 0.29) is 24.3 Å². The van der Waals surface area contributed by atoms with Gasteiger partial charge < -0.3 is 15.1 Å². The molecule has 1 saturated heterocycles. The van der Waals surface area contributed by atoms with Crippen LogP contribution in [0.15, 0.2) is 48.5 Å². The molecule has 3 rings (SSSR count). The minimum atomic E-state index is -0.247. The van der Waals surface area contributed by atoms with Crippen molar-refractivity contribution in [3.8, 4) is 0 Å². The molecule has 6 nitrogen and oxygen atoms in total. The van der Waals surface area contributed by atoms with Gasteiger partial charge in [-0.2, -0.15) is 0 Å². The van der Waals surface area contributed by atoms with Crippen molar-refractivity contribution in [2.24, 2.45) is 0 Å². The predicted molar refractivity (Wildman–Crippen MR) is 121 cm³/mol. The van der Waals surface area contributed by atoms with Crippen LogP contribution in [0.2, 0.25) is 0 Å². The summed E-state index contributed by atoms with van der Waals surface area (Å²) in [5.74, 6) is -0.219. The molecular weight excluding hydrogens is 390 g/mol. The number of benzene rings is 2. The summed E-state index contributed by atoms with van der Waals surface area (Å²) in [6.07, 6.45) is 2.24. The van der Waals surface area contributed by atoms with Crippen molar-refractivity contribution >= 4 is 17.7 Å². The fourth-order valence-electron chi connectivity index (χ4n) is 3.70. The molecule has 3 amide bonds. The van der Waals surface area contributed by atoms with E-state index in [0.29, 0.717) is 38.2 Å². The Morgan fingerprint density at radius 1 is 0.839 bits per heavy atom. The summed E-state index contributed by atoms with van der Waals surface area (Å²) in [6, 6.07) is 15.7. The average Bonchev–Trinajstić information content (AvgIpc) is 2.79. The summed E-state index contributed by atoms with van der Waals surface area (Å²) in [5.41, 5.74) is 3.97. The molecule has 0 radical (unpaired) electrons. The van der Waals surface area contributed by atoms with Crippen LogP contribution in [0.5, 0.6) is 0 Å². The van der Waals surface area contributed by atoms with Gasteiger partial charge in [-0.25, -0.2) is 0 Å². The molecule has 2 aromatic carbocycles. The molecule has 164 valence electrons. The normalized spacial score (nSPS) is 13.7. The summed E-state index contributed by atoms with van der Waals surface area (Å²) in [6.45, 7) is 6.01. The molecule has 1 N–H and O–H groups in total. The van der Waals surface area contributed by atoms with Gasteiger partial charge in [0.15, 0.2) is 0 Å². The van der Waals surface area contributed by atoms with Gasteiger partial charge in [0.05, 0.1) is 6.54 Å². The maximum Gasteiger partial charge on any atom is 0.251 e. The van der Waals surface area contributed by atoms with Crippen LogP contribution in [0.1, 0.15) is 39.9 Å². The van der Waals surface area contributed by atoms with Gasteiger partial charge in [-0.3, -0.25) is 14.4 Å². The zero-order valence-electron chi connectivity index (χ0n) is 18.4. The first-order valence-electron chi connectivity index (χ1n) is 10.9. The van der Waals surface area contributed by atoms with Gasteiger partial charge in [0.25, 0.3) is 5.91 Å². The molecule has 1 fully saturated rings.